The number of anilines is 1. The smallest absolute Gasteiger partial charge is 0.312 e. The Morgan fingerprint density at radius 3 is 2.27 bits per heavy atom. The number of carbonyl (C=O) groups excluding carboxylic acids is 1. The van der Waals surface area contributed by atoms with E-state index in [1.165, 1.54) is 21.3 Å². The van der Waals surface area contributed by atoms with E-state index in [1.807, 2.05) is 12.1 Å². The van der Waals surface area contributed by atoms with Gasteiger partial charge in [-0.2, -0.15) is 0 Å². The van der Waals surface area contributed by atoms with Crippen molar-refractivity contribution in [3.8, 4) is 28.7 Å². The van der Waals surface area contributed by atoms with Crippen molar-refractivity contribution < 1.29 is 38.4 Å². The van der Waals surface area contributed by atoms with Crippen molar-refractivity contribution in [2.24, 2.45) is 5.92 Å². The Hall–Kier alpha value is -3.33. The molecule has 9 nitrogen and oxygen atoms in total. The summed E-state index contributed by atoms with van der Waals surface area (Å²) in [5, 5.41) is 12.0. The van der Waals surface area contributed by atoms with Gasteiger partial charge in [0.1, 0.15) is 12.6 Å². The summed E-state index contributed by atoms with van der Waals surface area (Å²) in [7, 11) is 4.61. The minimum absolute atomic E-state index is 0.0921. The number of hydrogen-bond acceptors (Lipinski definition) is 9. The van der Waals surface area contributed by atoms with E-state index in [2.05, 4.69) is 0 Å². The summed E-state index contributed by atoms with van der Waals surface area (Å²) >= 11 is 0. The number of ether oxygens (including phenoxy) is 6. The van der Waals surface area contributed by atoms with E-state index in [4.69, 9.17) is 28.4 Å². The van der Waals surface area contributed by atoms with Crippen LogP contribution in [0.5, 0.6) is 28.7 Å². The maximum Gasteiger partial charge on any atom is 0.312 e. The van der Waals surface area contributed by atoms with Crippen molar-refractivity contribution in [2.45, 2.75) is 12.0 Å². The fourth-order valence-corrected chi connectivity index (χ4v) is 4.54. The Morgan fingerprint density at radius 2 is 1.63 bits per heavy atom. The second-order valence-corrected chi connectivity index (χ2v) is 7.27. The van der Waals surface area contributed by atoms with Crippen LogP contribution in [-0.4, -0.2) is 51.9 Å². The summed E-state index contributed by atoms with van der Waals surface area (Å²) in [6.07, 6.45) is 0. The summed E-state index contributed by atoms with van der Waals surface area (Å²) in [6.45, 7) is 0.197. The Morgan fingerprint density at radius 1 is 0.967 bits per heavy atom. The molecule has 158 valence electrons. The molecule has 9 heteroatoms. The van der Waals surface area contributed by atoms with E-state index >= 15 is 0 Å². The van der Waals surface area contributed by atoms with Crippen LogP contribution in [0.15, 0.2) is 24.3 Å². The first-order chi connectivity index (χ1) is 14.6. The van der Waals surface area contributed by atoms with Gasteiger partial charge in [-0.1, -0.05) is 0 Å². The van der Waals surface area contributed by atoms with Crippen LogP contribution in [0.4, 0.5) is 5.69 Å². The van der Waals surface area contributed by atoms with Crippen LogP contribution < -0.4 is 28.7 Å². The van der Waals surface area contributed by atoms with Crippen LogP contribution >= 0.6 is 0 Å². The molecule has 3 aliphatic heterocycles. The van der Waals surface area contributed by atoms with E-state index in [1.54, 1.807) is 12.1 Å². The molecule has 2 aromatic rings. The third-order valence-electron chi connectivity index (χ3n) is 5.91. The third kappa shape index (κ3) is 2.55. The number of nitrogens with zero attached hydrogens (tertiary/aromatic N) is 1. The van der Waals surface area contributed by atoms with Gasteiger partial charge in [-0.25, -0.2) is 5.06 Å². The molecule has 1 fully saturated rings. The van der Waals surface area contributed by atoms with Crippen LogP contribution in [0.1, 0.15) is 17.0 Å². The zero-order chi connectivity index (χ0) is 21.0. The number of cyclic esters (lactones) is 1. The molecule has 5 rings (SSSR count). The van der Waals surface area contributed by atoms with E-state index in [9.17, 15) is 10.0 Å². The van der Waals surface area contributed by atoms with Crippen LogP contribution in [0, 0.1) is 5.92 Å². The van der Waals surface area contributed by atoms with Gasteiger partial charge in [-0.3, -0.25) is 10.0 Å². The molecule has 0 amide bonds. The lowest BCUT2D eigenvalue weighted by molar-refractivity contribution is -0.141. The zero-order valence-electron chi connectivity index (χ0n) is 16.7. The van der Waals surface area contributed by atoms with Crippen LogP contribution in [0.2, 0.25) is 0 Å². The minimum Gasteiger partial charge on any atom is -0.493 e. The lowest BCUT2D eigenvalue weighted by Crippen LogP contribution is -2.46. The lowest BCUT2D eigenvalue weighted by atomic mass is 9.74. The fraction of sp³-hybridized carbons (Fsp3) is 0.381. The molecule has 3 atom stereocenters. The molecule has 1 saturated heterocycles. The number of rotatable bonds is 4. The number of hydrogen-bond donors (Lipinski definition) is 1. The molecule has 0 aromatic heterocycles. The van der Waals surface area contributed by atoms with E-state index in [0.717, 1.165) is 16.2 Å². The predicted octanol–water partition coefficient (Wildman–Crippen LogP) is 2.32. The number of fused-ring (bicyclic) bond motifs is 3. The predicted molar refractivity (Wildman–Crippen MR) is 103 cm³/mol. The maximum absolute atomic E-state index is 12.7. The van der Waals surface area contributed by atoms with Crippen molar-refractivity contribution >= 4 is 11.7 Å². The molecule has 1 N–H and O–H groups in total. The van der Waals surface area contributed by atoms with Gasteiger partial charge in [-0.15, -0.1) is 0 Å². The Bertz CT molecular complexity index is 997. The van der Waals surface area contributed by atoms with Crippen molar-refractivity contribution in [3.05, 3.63) is 35.4 Å². The highest BCUT2D eigenvalue weighted by Gasteiger charge is 2.51. The summed E-state index contributed by atoms with van der Waals surface area (Å²) in [4.78, 5) is 12.7. The highest BCUT2D eigenvalue weighted by Crippen LogP contribution is 2.53. The molecule has 0 spiro atoms. The number of carbonyl (C=O) groups is 1. The first-order valence-corrected chi connectivity index (χ1v) is 9.45. The first-order valence-electron chi connectivity index (χ1n) is 9.45. The third-order valence-corrected chi connectivity index (χ3v) is 5.91. The fourth-order valence-electron chi connectivity index (χ4n) is 4.54. The van der Waals surface area contributed by atoms with Gasteiger partial charge in [0.15, 0.2) is 23.0 Å². The highest BCUT2D eigenvalue weighted by molar-refractivity contribution is 5.82. The first kappa shape index (κ1) is 18.7. The summed E-state index contributed by atoms with van der Waals surface area (Å²) in [5.41, 5.74) is 2.03. The topological polar surface area (TPSA) is 95.9 Å². The standard InChI is InChI=1S/C21H21NO8/c1-25-16-4-10(5-17(26-2)20(16)27-3)18-11-6-14-15(30-9-29-14)7-12(11)22(24)13-8-28-21(23)19(13)18/h4-7,13,18-19,24H,8-9H2,1-3H3/t13-,18+,19-/m0/s1. The van der Waals surface area contributed by atoms with Crippen molar-refractivity contribution in [2.75, 3.05) is 39.8 Å². The van der Waals surface area contributed by atoms with Gasteiger partial charge in [0.05, 0.1) is 32.9 Å². The van der Waals surface area contributed by atoms with Crippen LogP contribution in [0.25, 0.3) is 0 Å². The SMILES string of the molecule is COc1cc([C@@H]2c3cc4c(cc3N(O)[C@H]3COC(=O)[C@H]23)OCO4)cc(OC)c1OC. The average molecular weight is 415 g/mol. The molecule has 0 radical (unpaired) electrons. The molecular formula is C21H21NO8. The van der Waals surface area contributed by atoms with Gasteiger partial charge < -0.3 is 28.4 Å². The van der Waals surface area contributed by atoms with Crippen LogP contribution in [0.3, 0.4) is 0 Å². The molecule has 0 bridgehead atoms. The second-order valence-electron chi connectivity index (χ2n) is 7.27. The molecule has 0 unspecified atom stereocenters. The minimum atomic E-state index is -0.620. The van der Waals surface area contributed by atoms with Crippen molar-refractivity contribution in [1.29, 1.82) is 0 Å². The quantitative estimate of drug-likeness (QED) is 0.755. The van der Waals surface area contributed by atoms with E-state index in [-0.39, 0.29) is 19.4 Å². The second kappa shape index (κ2) is 6.88. The molecule has 3 aliphatic rings. The normalized spacial score (nSPS) is 23.5. The number of methoxy groups -OCH3 is 3. The lowest BCUT2D eigenvalue weighted by Gasteiger charge is -2.39. The number of benzene rings is 2. The Labute approximate surface area is 172 Å². The van der Waals surface area contributed by atoms with Gasteiger partial charge in [0, 0.05) is 12.0 Å². The largest absolute Gasteiger partial charge is 0.493 e. The summed E-state index contributed by atoms with van der Waals surface area (Å²) in [6, 6.07) is 6.62. The Balaban J connectivity index is 1.74. The van der Waals surface area contributed by atoms with Crippen LogP contribution in [-0.2, 0) is 9.53 Å². The molecule has 3 heterocycles. The number of esters is 1. The number of hydroxylamine groups is 1. The monoisotopic (exact) mass is 415 g/mol. The Kier molecular flexibility index (Phi) is 4.28. The highest BCUT2D eigenvalue weighted by atomic mass is 16.7. The van der Waals surface area contributed by atoms with Gasteiger partial charge >= 0.3 is 5.97 Å². The van der Waals surface area contributed by atoms with Crippen molar-refractivity contribution in [3.63, 3.8) is 0 Å². The summed E-state index contributed by atoms with van der Waals surface area (Å²) < 4.78 is 32.8. The molecule has 0 aliphatic carbocycles. The van der Waals surface area contributed by atoms with E-state index in [0.29, 0.717) is 34.4 Å². The molecule has 30 heavy (non-hydrogen) atoms. The van der Waals surface area contributed by atoms with E-state index < -0.39 is 17.9 Å². The van der Waals surface area contributed by atoms with Crippen molar-refractivity contribution in [1.82, 2.24) is 0 Å². The molecule has 0 saturated carbocycles. The van der Waals surface area contributed by atoms with Gasteiger partial charge in [-0.05, 0) is 29.3 Å². The molecule has 2 aromatic carbocycles. The molecular weight excluding hydrogens is 394 g/mol. The van der Waals surface area contributed by atoms with Gasteiger partial charge in [0.25, 0.3) is 0 Å². The average Bonchev–Trinajstić information content (AvgIpc) is 3.38. The maximum atomic E-state index is 12.7. The van der Waals surface area contributed by atoms with Gasteiger partial charge in [0.2, 0.25) is 12.5 Å². The zero-order valence-corrected chi connectivity index (χ0v) is 16.7. The summed E-state index contributed by atoms with van der Waals surface area (Å²) in [5.74, 6) is 1.09.